The van der Waals surface area contributed by atoms with Crippen LogP contribution in [-0.2, 0) is 16.4 Å². The molecule has 7 nitrogen and oxygen atoms in total. The van der Waals surface area contributed by atoms with E-state index in [-0.39, 0.29) is 11.3 Å². The highest BCUT2D eigenvalue weighted by Crippen LogP contribution is 2.42. The molecule has 198 valence electrons. The van der Waals surface area contributed by atoms with Gasteiger partial charge in [0.1, 0.15) is 28.3 Å². The summed E-state index contributed by atoms with van der Waals surface area (Å²) < 4.78 is 85.6. The SMILES string of the molecule is CCc1nccc(-c2sc(-c3cncc(F)c3)nc2-c2cccc(NS(=O)(=O)c3c(F)cccc3F)c2F)n1. The van der Waals surface area contributed by atoms with Crippen LogP contribution < -0.4 is 4.72 Å². The summed E-state index contributed by atoms with van der Waals surface area (Å²) in [5.41, 5.74) is 0.173. The van der Waals surface area contributed by atoms with Gasteiger partial charge in [0.2, 0.25) is 0 Å². The maximum absolute atomic E-state index is 15.9. The first-order chi connectivity index (χ1) is 18.7. The van der Waals surface area contributed by atoms with Gasteiger partial charge in [-0.05, 0) is 36.4 Å². The standard InChI is InChI=1S/C26H17F4N5O2S2/c1-2-21-32-10-9-20(33-21)24-23(34-26(38-24)14-11-15(27)13-31-12-14)16-5-3-8-19(22(16)30)35-39(36,37)25-17(28)6-4-7-18(25)29/h3-13,35H,2H2,1H3. The summed E-state index contributed by atoms with van der Waals surface area (Å²) >= 11 is 1.10. The average molecular weight is 572 g/mol. The molecule has 39 heavy (non-hydrogen) atoms. The summed E-state index contributed by atoms with van der Waals surface area (Å²) in [6.07, 6.45) is 4.50. The monoisotopic (exact) mass is 571 g/mol. The summed E-state index contributed by atoms with van der Waals surface area (Å²) in [5.74, 6) is -3.77. The summed E-state index contributed by atoms with van der Waals surface area (Å²) in [7, 11) is -4.84. The van der Waals surface area contributed by atoms with Crippen molar-refractivity contribution in [2.24, 2.45) is 0 Å². The Hall–Kier alpha value is -4.23. The molecule has 3 heterocycles. The molecule has 0 radical (unpaired) electrons. The number of nitrogens with one attached hydrogen (secondary N) is 1. The van der Waals surface area contributed by atoms with Crippen molar-refractivity contribution in [2.45, 2.75) is 18.2 Å². The molecule has 3 aromatic heterocycles. The Labute approximate surface area is 224 Å². The number of hydrogen-bond donors (Lipinski definition) is 1. The predicted molar refractivity (Wildman–Crippen MR) is 138 cm³/mol. The number of hydrogen-bond acceptors (Lipinski definition) is 7. The molecular weight excluding hydrogens is 554 g/mol. The molecule has 1 N–H and O–H groups in total. The third-order valence-electron chi connectivity index (χ3n) is 5.52. The molecule has 5 rings (SSSR count). The number of rotatable bonds is 7. The van der Waals surface area contributed by atoms with Crippen LogP contribution in [0, 0.1) is 23.3 Å². The van der Waals surface area contributed by atoms with Gasteiger partial charge in [-0.2, -0.15) is 0 Å². The predicted octanol–water partition coefficient (Wildman–Crippen LogP) is 6.25. The second-order valence-electron chi connectivity index (χ2n) is 8.12. The zero-order chi connectivity index (χ0) is 27.7. The van der Waals surface area contributed by atoms with Gasteiger partial charge in [-0.3, -0.25) is 9.71 Å². The van der Waals surface area contributed by atoms with Crippen molar-refractivity contribution in [1.29, 1.82) is 0 Å². The van der Waals surface area contributed by atoms with Crippen molar-refractivity contribution < 1.29 is 26.0 Å². The zero-order valence-electron chi connectivity index (χ0n) is 20.0. The minimum Gasteiger partial charge on any atom is -0.276 e. The smallest absolute Gasteiger partial charge is 0.267 e. The lowest BCUT2D eigenvalue weighted by Gasteiger charge is -2.12. The van der Waals surface area contributed by atoms with Crippen LogP contribution in [-0.4, -0.2) is 28.4 Å². The first-order valence-electron chi connectivity index (χ1n) is 11.4. The van der Waals surface area contributed by atoms with E-state index in [2.05, 4.69) is 19.9 Å². The van der Waals surface area contributed by atoms with Crippen LogP contribution >= 0.6 is 11.3 Å². The van der Waals surface area contributed by atoms with Crippen LogP contribution in [0.5, 0.6) is 0 Å². The Morgan fingerprint density at radius 1 is 0.949 bits per heavy atom. The van der Waals surface area contributed by atoms with Gasteiger partial charge >= 0.3 is 0 Å². The van der Waals surface area contributed by atoms with Crippen molar-refractivity contribution in [3.63, 3.8) is 0 Å². The van der Waals surface area contributed by atoms with E-state index in [9.17, 15) is 21.6 Å². The summed E-state index contributed by atoms with van der Waals surface area (Å²) in [4.78, 5) is 16.2. The lowest BCUT2D eigenvalue weighted by atomic mass is 10.1. The van der Waals surface area contributed by atoms with Crippen molar-refractivity contribution in [2.75, 3.05) is 4.72 Å². The molecule has 0 bridgehead atoms. The van der Waals surface area contributed by atoms with Crippen LogP contribution in [0.2, 0.25) is 0 Å². The quantitative estimate of drug-likeness (QED) is 0.232. The van der Waals surface area contributed by atoms with Crippen LogP contribution in [0.25, 0.3) is 32.4 Å². The molecule has 2 aromatic carbocycles. The first kappa shape index (κ1) is 26.4. The molecule has 0 saturated heterocycles. The van der Waals surface area contributed by atoms with E-state index in [1.807, 2.05) is 11.6 Å². The van der Waals surface area contributed by atoms with Gasteiger partial charge in [0.15, 0.2) is 10.7 Å². The molecule has 0 spiro atoms. The fourth-order valence-electron chi connectivity index (χ4n) is 3.75. The molecule has 0 aliphatic rings. The van der Waals surface area contributed by atoms with E-state index in [0.717, 1.165) is 41.8 Å². The molecule has 0 fully saturated rings. The third kappa shape index (κ3) is 5.22. The van der Waals surface area contributed by atoms with Gasteiger partial charge in [-0.25, -0.2) is 40.9 Å². The summed E-state index contributed by atoms with van der Waals surface area (Å²) in [6, 6.07) is 9.23. The molecule has 0 unspecified atom stereocenters. The number of pyridine rings is 1. The third-order valence-corrected chi connectivity index (χ3v) is 8.06. The van der Waals surface area contributed by atoms with E-state index in [4.69, 9.17) is 0 Å². The van der Waals surface area contributed by atoms with E-state index < -0.39 is 43.9 Å². The molecule has 0 aliphatic carbocycles. The number of nitrogens with zero attached hydrogens (tertiary/aromatic N) is 4. The fourth-order valence-corrected chi connectivity index (χ4v) is 5.98. The van der Waals surface area contributed by atoms with Gasteiger partial charge in [0.05, 0.1) is 28.1 Å². The largest absolute Gasteiger partial charge is 0.276 e. The highest BCUT2D eigenvalue weighted by atomic mass is 32.2. The van der Waals surface area contributed by atoms with Crippen molar-refractivity contribution in [3.05, 3.63) is 96.2 Å². The molecule has 0 amide bonds. The van der Waals surface area contributed by atoms with E-state index in [1.165, 1.54) is 30.6 Å². The first-order valence-corrected chi connectivity index (χ1v) is 13.7. The van der Waals surface area contributed by atoms with Crippen molar-refractivity contribution in [3.8, 4) is 32.4 Å². The molecular formula is C26H17F4N5O2S2. The minimum absolute atomic E-state index is 0.0932. The lowest BCUT2D eigenvalue weighted by Crippen LogP contribution is -2.17. The number of aromatic nitrogens is 4. The molecule has 0 saturated carbocycles. The summed E-state index contributed by atoms with van der Waals surface area (Å²) in [5, 5.41) is 0.308. The van der Waals surface area contributed by atoms with Crippen molar-refractivity contribution >= 4 is 27.0 Å². The second-order valence-corrected chi connectivity index (χ2v) is 10.7. The van der Waals surface area contributed by atoms with Crippen LogP contribution in [0.4, 0.5) is 23.2 Å². The molecule has 5 aromatic rings. The molecule has 13 heteroatoms. The Bertz CT molecular complexity index is 1790. The van der Waals surface area contributed by atoms with Gasteiger partial charge in [0, 0.05) is 29.9 Å². The average Bonchev–Trinajstić information content (AvgIpc) is 3.35. The van der Waals surface area contributed by atoms with E-state index in [1.54, 1.807) is 6.07 Å². The Kier molecular flexibility index (Phi) is 7.10. The molecule has 0 atom stereocenters. The number of anilines is 1. The highest BCUT2D eigenvalue weighted by molar-refractivity contribution is 7.92. The van der Waals surface area contributed by atoms with E-state index in [0.29, 0.717) is 33.4 Å². The highest BCUT2D eigenvalue weighted by Gasteiger charge is 2.27. The van der Waals surface area contributed by atoms with Gasteiger partial charge in [-0.1, -0.05) is 19.1 Å². The van der Waals surface area contributed by atoms with Gasteiger partial charge in [0.25, 0.3) is 10.0 Å². The van der Waals surface area contributed by atoms with Crippen LogP contribution in [0.1, 0.15) is 12.7 Å². The zero-order valence-corrected chi connectivity index (χ0v) is 21.6. The Balaban J connectivity index is 1.65. The number of benzene rings is 2. The number of halogens is 4. The number of thiazole rings is 1. The van der Waals surface area contributed by atoms with Crippen LogP contribution in [0.3, 0.4) is 0 Å². The number of aryl methyl sites for hydroxylation is 1. The second kappa shape index (κ2) is 10.5. The van der Waals surface area contributed by atoms with Crippen molar-refractivity contribution in [1.82, 2.24) is 19.9 Å². The number of sulfonamides is 1. The van der Waals surface area contributed by atoms with E-state index >= 15 is 4.39 Å². The molecule has 0 aliphatic heterocycles. The van der Waals surface area contributed by atoms with Gasteiger partial charge < -0.3 is 0 Å². The van der Waals surface area contributed by atoms with Gasteiger partial charge in [-0.15, -0.1) is 11.3 Å². The fraction of sp³-hybridized carbons (Fsp3) is 0.0769. The topological polar surface area (TPSA) is 97.7 Å². The Morgan fingerprint density at radius 2 is 1.69 bits per heavy atom. The summed E-state index contributed by atoms with van der Waals surface area (Å²) in [6.45, 7) is 1.87. The maximum Gasteiger partial charge on any atom is 0.267 e. The maximum atomic E-state index is 15.9. The minimum atomic E-state index is -4.84. The normalized spacial score (nSPS) is 11.5. The Morgan fingerprint density at radius 3 is 2.41 bits per heavy atom. The van der Waals surface area contributed by atoms with Crippen LogP contribution in [0.15, 0.2) is 72.0 Å². The lowest BCUT2D eigenvalue weighted by molar-refractivity contribution is 0.521.